The van der Waals surface area contributed by atoms with Gasteiger partial charge >= 0.3 is 0 Å². The normalized spacial score (nSPS) is 13.2. The van der Waals surface area contributed by atoms with E-state index in [1.54, 1.807) is 43.1 Å². The summed E-state index contributed by atoms with van der Waals surface area (Å²) in [5, 5.41) is 2.76. The van der Waals surface area contributed by atoms with Crippen molar-refractivity contribution in [3.63, 3.8) is 0 Å². The topological polar surface area (TPSA) is 92.5 Å². The summed E-state index contributed by atoms with van der Waals surface area (Å²) < 4.78 is 22.2. The van der Waals surface area contributed by atoms with Crippen LogP contribution in [0.4, 0.5) is 11.4 Å². The van der Waals surface area contributed by atoms with E-state index in [0.717, 1.165) is 0 Å². The second-order valence-electron chi connectivity index (χ2n) is 4.90. The molecule has 0 spiro atoms. The molecule has 0 radical (unpaired) electrons. The summed E-state index contributed by atoms with van der Waals surface area (Å²) >= 11 is 0. The number of nitrogens with one attached hydrogen (secondary N) is 1. The third-order valence-electron chi connectivity index (χ3n) is 3.03. The largest absolute Gasteiger partial charge is 0.399 e. The van der Waals surface area contributed by atoms with E-state index >= 15 is 0 Å². The summed E-state index contributed by atoms with van der Waals surface area (Å²) in [4.78, 5) is 13.7. The average Bonchev–Trinajstić information content (AvgIpc) is 2.36. The maximum absolute atomic E-state index is 12.0. The van der Waals surface area contributed by atoms with E-state index in [1.807, 2.05) is 0 Å². The summed E-state index contributed by atoms with van der Waals surface area (Å²) in [6, 6.07) is 6.42. The minimum atomic E-state index is -3.03. The van der Waals surface area contributed by atoms with Gasteiger partial charge in [0.05, 0.1) is 11.8 Å². The molecule has 1 aromatic rings. The Morgan fingerprint density at radius 1 is 1.35 bits per heavy atom. The van der Waals surface area contributed by atoms with Gasteiger partial charge in [-0.15, -0.1) is 0 Å². The van der Waals surface area contributed by atoms with Gasteiger partial charge in [0.2, 0.25) is 5.91 Å². The van der Waals surface area contributed by atoms with Crippen molar-refractivity contribution in [2.45, 2.75) is 13.0 Å². The number of nitrogen functional groups attached to an aromatic ring is 1. The molecule has 0 saturated heterocycles. The lowest BCUT2D eigenvalue weighted by atomic mass is 10.2. The van der Waals surface area contributed by atoms with Crippen LogP contribution in [-0.4, -0.2) is 50.9 Å². The highest BCUT2D eigenvalue weighted by Crippen LogP contribution is 2.11. The summed E-state index contributed by atoms with van der Waals surface area (Å²) in [6.07, 6.45) is 1.18. The van der Waals surface area contributed by atoms with Crippen molar-refractivity contribution in [1.82, 2.24) is 4.90 Å². The van der Waals surface area contributed by atoms with Gasteiger partial charge in [-0.2, -0.15) is 0 Å². The number of likely N-dealkylation sites (N-methyl/N-ethyl adjacent to an activating group) is 1. The molecule has 6 nitrogen and oxygen atoms in total. The van der Waals surface area contributed by atoms with Crippen LogP contribution in [0.2, 0.25) is 0 Å². The van der Waals surface area contributed by atoms with Crippen LogP contribution < -0.4 is 11.1 Å². The highest BCUT2D eigenvalue weighted by Gasteiger charge is 2.19. The van der Waals surface area contributed by atoms with Crippen molar-refractivity contribution in [2.24, 2.45) is 0 Å². The second-order valence-corrected chi connectivity index (χ2v) is 7.16. The molecule has 0 aliphatic rings. The molecule has 7 heteroatoms. The van der Waals surface area contributed by atoms with Gasteiger partial charge in [0.1, 0.15) is 9.84 Å². The average molecular weight is 299 g/mol. The van der Waals surface area contributed by atoms with Gasteiger partial charge in [0, 0.05) is 24.2 Å². The summed E-state index contributed by atoms with van der Waals surface area (Å²) in [7, 11) is -1.31. The van der Waals surface area contributed by atoms with Crippen molar-refractivity contribution in [2.75, 3.05) is 36.7 Å². The zero-order valence-electron chi connectivity index (χ0n) is 12.0. The number of anilines is 2. The molecule has 20 heavy (non-hydrogen) atoms. The maximum atomic E-state index is 12.0. The molecule has 1 aromatic carbocycles. The summed E-state index contributed by atoms with van der Waals surface area (Å²) in [5.41, 5.74) is 6.85. The fraction of sp³-hybridized carbons (Fsp3) is 0.462. The Morgan fingerprint density at radius 3 is 2.40 bits per heavy atom. The van der Waals surface area contributed by atoms with E-state index in [1.165, 1.54) is 6.26 Å². The second kappa shape index (κ2) is 6.71. The van der Waals surface area contributed by atoms with Crippen molar-refractivity contribution in [1.29, 1.82) is 0 Å². The fourth-order valence-corrected chi connectivity index (χ4v) is 2.14. The molecule has 0 bridgehead atoms. The first-order valence-corrected chi connectivity index (χ1v) is 8.29. The number of nitrogens with two attached hydrogens (primary N) is 1. The van der Waals surface area contributed by atoms with E-state index in [0.29, 0.717) is 17.9 Å². The molecule has 1 unspecified atom stereocenters. The Hall–Kier alpha value is -1.60. The van der Waals surface area contributed by atoms with Crippen LogP contribution >= 0.6 is 0 Å². The smallest absolute Gasteiger partial charge is 0.241 e. The predicted octanol–water partition coefficient (Wildman–Crippen LogP) is 0.572. The van der Waals surface area contributed by atoms with Crippen LogP contribution in [0.15, 0.2) is 24.3 Å². The number of nitrogens with zero attached hydrogens (tertiary/aromatic N) is 1. The van der Waals surface area contributed by atoms with Crippen LogP contribution in [0.5, 0.6) is 0 Å². The van der Waals surface area contributed by atoms with Gasteiger partial charge in [-0.1, -0.05) is 0 Å². The summed E-state index contributed by atoms with van der Waals surface area (Å²) in [5.74, 6) is -0.158. The van der Waals surface area contributed by atoms with Gasteiger partial charge in [-0.25, -0.2) is 8.42 Å². The highest BCUT2D eigenvalue weighted by molar-refractivity contribution is 7.90. The Bertz CT molecular complexity index is 555. The van der Waals surface area contributed by atoms with Gasteiger partial charge in [0.25, 0.3) is 0 Å². The zero-order chi connectivity index (χ0) is 15.3. The van der Waals surface area contributed by atoms with E-state index in [2.05, 4.69) is 5.32 Å². The number of hydrogen-bond donors (Lipinski definition) is 2. The third kappa shape index (κ3) is 5.58. The number of carbonyl (C=O) groups is 1. The number of amides is 1. The van der Waals surface area contributed by atoms with Crippen molar-refractivity contribution in [3.05, 3.63) is 24.3 Å². The number of rotatable bonds is 6. The number of sulfone groups is 1. The first-order chi connectivity index (χ1) is 9.19. The number of carbonyl (C=O) groups excluding carboxylic acids is 1. The molecule has 1 rings (SSSR count). The Labute approximate surface area is 119 Å². The zero-order valence-corrected chi connectivity index (χ0v) is 12.8. The molecular weight excluding hydrogens is 278 g/mol. The molecule has 0 saturated carbocycles. The first-order valence-electron chi connectivity index (χ1n) is 6.23. The standard InChI is InChI=1S/C13H21N3O3S/c1-10(16(2)8-9-20(3,18)19)13(17)15-12-6-4-11(14)5-7-12/h4-7,10H,8-9,14H2,1-3H3,(H,15,17). The molecule has 0 aliphatic heterocycles. The van der Waals surface area contributed by atoms with E-state index in [-0.39, 0.29) is 11.7 Å². The number of benzene rings is 1. The lowest BCUT2D eigenvalue weighted by molar-refractivity contribution is -0.120. The van der Waals surface area contributed by atoms with Crippen LogP contribution in [0.3, 0.4) is 0 Å². The van der Waals surface area contributed by atoms with E-state index < -0.39 is 15.9 Å². The maximum Gasteiger partial charge on any atom is 0.241 e. The molecule has 1 atom stereocenters. The molecule has 3 N–H and O–H groups in total. The van der Waals surface area contributed by atoms with Crippen LogP contribution in [0, 0.1) is 0 Å². The van der Waals surface area contributed by atoms with Crippen LogP contribution in [0.1, 0.15) is 6.92 Å². The molecular formula is C13H21N3O3S. The first kappa shape index (κ1) is 16.5. The Morgan fingerprint density at radius 2 is 1.90 bits per heavy atom. The monoisotopic (exact) mass is 299 g/mol. The lowest BCUT2D eigenvalue weighted by Crippen LogP contribution is -2.41. The predicted molar refractivity (Wildman–Crippen MR) is 81.3 cm³/mol. The van der Waals surface area contributed by atoms with E-state index in [9.17, 15) is 13.2 Å². The Kier molecular flexibility index (Phi) is 5.52. The lowest BCUT2D eigenvalue weighted by Gasteiger charge is -2.23. The molecule has 0 aromatic heterocycles. The SMILES string of the molecule is CC(C(=O)Nc1ccc(N)cc1)N(C)CCS(C)(=O)=O. The van der Waals surface area contributed by atoms with Crippen molar-refractivity contribution < 1.29 is 13.2 Å². The molecule has 0 aliphatic carbocycles. The van der Waals surface area contributed by atoms with Crippen LogP contribution in [0.25, 0.3) is 0 Å². The van der Waals surface area contributed by atoms with Gasteiger partial charge in [-0.3, -0.25) is 9.69 Å². The fourth-order valence-electron chi connectivity index (χ4n) is 1.52. The summed E-state index contributed by atoms with van der Waals surface area (Å²) in [6.45, 7) is 2.05. The molecule has 112 valence electrons. The number of hydrogen-bond acceptors (Lipinski definition) is 5. The minimum absolute atomic E-state index is 0.0307. The molecule has 0 heterocycles. The molecule has 1 amide bonds. The minimum Gasteiger partial charge on any atom is -0.399 e. The molecule has 0 fully saturated rings. The Balaban J connectivity index is 2.55. The van der Waals surface area contributed by atoms with Gasteiger partial charge < -0.3 is 11.1 Å². The van der Waals surface area contributed by atoms with Gasteiger partial charge in [0.15, 0.2) is 0 Å². The third-order valence-corrected chi connectivity index (χ3v) is 3.96. The van der Waals surface area contributed by atoms with Crippen molar-refractivity contribution >= 4 is 27.1 Å². The van der Waals surface area contributed by atoms with E-state index in [4.69, 9.17) is 5.73 Å². The highest BCUT2D eigenvalue weighted by atomic mass is 32.2. The van der Waals surface area contributed by atoms with Gasteiger partial charge in [-0.05, 0) is 38.2 Å². The van der Waals surface area contributed by atoms with Crippen molar-refractivity contribution in [3.8, 4) is 0 Å². The quantitative estimate of drug-likeness (QED) is 0.749. The van der Waals surface area contributed by atoms with Crippen LogP contribution in [-0.2, 0) is 14.6 Å².